The summed E-state index contributed by atoms with van der Waals surface area (Å²) in [4.78, 5) is 27.4. The first-order chi connectivity index (χ1) is 7.29. The molecule has 1 amide bonds. The number of carbonyl (C=O) groups is 2. The Morgan fingerprint density at radius 3 is 2.19 bits per heavy atom. The van der Waals surface area contributed by atoms with Gasteiger partial charge in [-0.3, -0.25) is 4.79 Å². The molecule has 0 aromatic rings. The van der Waals surface area contributed by atoms with E-state index in [0.717, 1.165) is 5.06 Å². The van der Waals surface area contributed by atoms with Crippen molar-refractivity contribution in [1.29, 1.82) is 0 Å². The Hall–Kier alpha value is -1.30. The summed E-state index contributed by atoms with van der Waals surface area (Å²) in [6.45, 7) is 7.74. The second-order valence-electron chi connectivity index (χ2n) is 4.70. The van der Waals surface area contributed by atoms with Gasteiger partial charge < -0.3 is 14.9 Å². The van der Waals surface area contributed by atoms with Crippen molar-refractivity contribution in [2.75, 3.05) is 13.1 Å². The van der Waals surface area contributed by atoms with E-state index in [1.54, 1.807) is 20.8 Å². The summed E-state index contributed by atoms with van der Waals surface area (Å²) in [6, 6.07) is -0.140. The van der Waals surface area contributed by atoms with Gasteiger partial charge in [-0.1, -0.05) is 0 Å². The standard InChI is InChI=1S/C10H18N2O4/c1-7(13)16-12(8-5-11-6-8)9(14)15-10(2,3)4/h8,11H,5-6H2,1-4H3. The molecule has 16 heavy (non-hydrogen) atoms. The molecule has 0 aromatic heterocycles. The van der Waals surface area contributed by atoms with Crippen LogP contribution in [0.2, 0.25) is 0 Å². The summed E-state index contributed by atoms with van der Waals surface area (Å²) >= 11 is 0. The fraction of sp³-hybridized carbons (Fsp3) is 0.800. The average Bonchev–Trinajstić information content (AvgIpc) is 1.95. The summed E-state index contributed by atoms with van der Waals surface area (Å²) in [5.41, 5.74) is -0.605. The maximum Gasteiger partial charge on any atom is 0.444 e. The van der Waals surface area contributed by atoms with Crippen LogP contribution < -0.4 is 5.32 Å². The first kappa shape index (κ1) is 12.8. The maximum atomic E-state index is 11.7. The maximum absolute atomic E-state index is 11.7. The van der Waals surface area contributed by atoms with Crippen molar-refractivity contribution in [3.8, 4) is 0 Å². The molecule has 0 spiro atoms. The molecule has 1 aliphatic heterocycles. The van der Waals surface area contributed by atoms with E-state index in [9.17, 15) is 9.59 Å². The van der Waals surface area contributed by atoms with Crippen molar-refractivity contribution < 1.29 is 19.2 Å². The summed E-state index contributed by atoms with van der Waals surface area (Å²) < 4.78 is 5.14. The highest BCUT2D eigenvalue weighted by molar-refractivity contribution is 5.72. The third-order valence-corrected chi connectivity index (χ3v) is 1.89. The van der Waals surface area contributed by atoms with E-state index in [1.165, 1.54) is 6.92 Å². The molecule has 0 aliphatic carbocycles. The SMILES string of the molecule is CC(=O)ON(C(=O)OC(C)(C)C)C1CNC1. The van der Waals surface area contributed by atoms with Gasteiger partial charge in [-0.15, -0.1) is 5.06 Å². The van der Waals surface area contributed by atoms with Crippen LogP contribution in [0.1, 0.15) is 27.7 Å². The van der Waals surface area contributed by atoms with Crippen molar-refractivity contribution >= 4 is 12.1 Å². The highest BCUT2D eigenvalue weighted by Crippen LogP contribution is 2.14. The predicted octanol–water partition coefficient (Wildman–Crippen LogP) is 0.673. The van der Waals surface area contributed by atoms with E-state index in [1.807, 2.05) is 0 Å². The molecule has 0 unspecified atom stereocenters. The lowest BCUT2D eigenvalue weighted by Gasteiger charge is -2.36. The zero-order valence-corrected chi connectivity index (χ0v) is 10.1. The van der Waals surface area contributed by atoms with Crippen LogP contribution in [0, 0.1) is 0 Å². The third-order valence-electron chi connectivity index (χ3n) is 1.89. The van der Waals surface area contributed by atoms with Gasteiger partial charge in [-0.2, -0.15) is 0 Å². The lowest BCUT2D eigenvalue weighted by molar-refractivity contribution is -0.195. The largest absolute Gasteiger partial charge is 0.444 e. The minimum atomic E-state index is -0.630. The molecular weight excluding hydrogens is 212 g/mol. The molecule has 0 aromatic carbocycles. The van der Waals surface area contributed by atoms with Gasteiger partial charge in [0.15, 0.2) is 0 Å². The summed E-state index contributed by atoms with van der Waals surface area (Å²) in [7, 11) is 0. The number of rotatable bonds is 1. The Morgan fingerprint density at radius 2 is 1.88 bits per heavy atom. The molecule has 92 valence electrons. The molecule has 1 saturated heterocycles. The molecule has 1 rings (SSSR count). The quantitative estimate of drug-likeness (QED) is 0.671. The van der Waals surface area contributed by atoms with E-state index in [4.69, 9.17) is 9.57 Å². The van der Waals surface area contributed by atoms with Crippen LogP contribution in [-0.2, 0) is 14.4 Å². The summed E-state index contributed by atoms with van der Waals surface area (Å²) in [5, 5.41) is 4.00. The van der Waals surface area contributed by atoms with E-state index in [-0.39, 0.29) is 6.04 Å². The molecule has 1 heterocycles. The Morgan fingerprint density at radius 1 is 1.31 bits per heavy atom. The summed E-state index contributed by atoms with van der Waals surface area (Å²) in [6.07, 6.45) is -0.630. The van der Waals surface area contributed by atoms with Gasteiger partial charge in [0, 0.05) is 20.0 Å². The van der Waals surface area contributed by atoms with Gasteiger partial charge in [0.2, 0.25) is 0 Å². The molecule has 0 saturated carbocycles. The fourth-order valence-corrected chi connectivity index (χ4v) is 1.15. The third kappa shape index (κ3) is 3.69. The monoisotopic (exact) mass is 230 g/mol. The summed E-state index contributed by atoms with van der Waals surface area (Å²) in [5.74, 6) is -0.530. The molecular formula is C10H18N2O4. The van der Waals surface area contributed by atoms with E-state index >= 15 is 0 Å². The number of hydrogen-bond acceptors (Lipinski definition) is 5. The van der Waals surface area contributed by atoms with Crippen LogP contribution in [0.3, 0.4) is 0 Å². The molecule has 0 atom stereocenters. The van der Waals surface area contributed by atoms with Crippen LogP contribution >= 0.6 is 0 Å². The van der Waals surface area contributed by atoms with E-state index in [0.29, 0.717) is 13.1 Å². The van der Waals surface area contributed by atoms with Crippen molar-refractivity contribution in [2.45, 2.75) is 39.3 Å². The minimum absolute atomic E-state index is 0.140. The lowest BCUT2D eigenvalue weighted by atomic mass is 10.2. The van der Waals surface area contributed by atoms with Crippen LogP contribution in [0.5, 0.6) is 0 Å². The Kier molecular flexibility index (Phi) is 3.74. The number of hydrogen-bond donors (Lipinski definition) is 1. The zero-order chi connectivity index (χ0) is 12.3. The van der Waals surface area contributed by atoms with Crippen LogP contribution in [0.4, 0.5) is 4.79 Å². The number of ether oxygens (including phenoxy) is 1. The molecule has 0 radical (unpaired) electrons. The molecule has 6 heteroatoms. The van der Waals surface area contributed by atoms with Gasteiger partial charge in [-0.05, 0) is 20.8 Å². The second-order valence-corrected chi connectivity index (χ2v) is 4.70. The topological polar surface area (TPSA) is 67.9 Å². The number of amides is 1. The molecule has 6 nitrogen and oxygen atoms in total. The average molecular weight is 230 g/mol. The Balaban J connectivity index is 2.60. The minimum Gasteiger partial charge on any atom is -0.442 e. The van der Waals surface area contributed by atoms with Crippen molar-refractivity contribution in [2.24, 2.45) is 0 Å². The molecule has 1 N–H and O–H groups in total. The van der Waals surface area contributed by atoms with Crippen LogP contribution in [0.15, 0.2) is 0 Å². The van der Waals surface area contributed by atoms with Gasteiger partial charge in [0.1, 0.15) is 5.60 Å². The zero-order valence-electron chi connectivity index (χ0n) is 10.1. The van der Waals surface area contributed by atoms with E-state index < -0.39 is 17.7 Å². The van der Waals surface area contributed by atoms with Crippen LogP contribution in [0.25, 0.3) is 0 Å². The molecule has 1 fully saturated rings. The van der Waals surface area contributed by atoms with Gasteiger partial charge in [0.25, 0.3) is 0 Å². The van der Waals surface area contributed by atoms with Crippen molar-refractivity contribution in [3.05, 3.63) is 0 Å². The number of carbonyl (C=O) groups excluding carboxylic acids is 2. The Labute approximate surface area is 94.8 Å². The first-order valence-corrected chi connectivity index (χ1v) is 5.21. The number of nitrogens with one attached hydrogen (secondary N) is 1. The number of hydroxylamine groups is 2. The van der Waals surface area contributed by atoms with Crippen molar-refractivity contribution in [3.63, 3.8) is 0 Å². The first-order valence-electron chi connectivity index (χ1n) is 5.21. The highest BCUT2D eigenvalue weighted by atomic mass is 16.8. The highest BCUT2D eigenvalue weighted by Gasteiger charge is 2.34. The van der Waals surface area contributed by atoms with Gasteiger partial charge >= 0.3 is 12.1 Å². The lowest BCUT2D eigenvalue weighted by Crippen LogP contribution is -2.59. The number of nitrogens with zero attached hydrogens (tertiary/aromatic N) is 1. The predicted molar refractivity (Wildman–Crippen MR) is 56.5 cm³/mol. The second kappa shape index (κ2) is 4.69. The van der Waals surface area contributed by atoms with Gasteiger partial charge in [-0.25, -0.2) is 4.79 Å². The van der Waals surface area contributed by atoms with E-state index in [2.05, 4.69) is 5.32 Å². The Bertz CT molecular complexity index is 281. The van der Waals surface area contributed by atoms with Gasteiger partial charge in [0.05, 0.1) is 6.04 Å². The normalized spacial score (nSPS) is 16.2. The van der Waals surface area contributed by atoms with Crippen molar-refractivity contribution in [1.82, 2.24) is 10.4 Å². The molecule has 1 aliphatic rings. The fourth-order valence-electron chi connectivity index (χ4n) is 1.15. The van der Waals surface area contributed by atoms with Crippen LogP contribution in [-0.4, -0.2) is 41.9 Å². The smallest absolute Gasteiger partial charge is 0.442 e. The molecule has 0 bridgehead atoms.